The van der Waals surface area contributed by atoms with E-state index >= 15 is 0 Å². The molecule has 1 unspecified atom stereocenters. The van der Waals surface area contributed by atoms with Crippen molar-refractivity contribution in [1.82, 2.24) is 15.0 Å². The Hall–Kier alpha value is -4.04. The van der Waals surface area contributed by atoms with Gasteiger partial charge in [-0.05, 0) is 59.3 Å². The number of aromatic amines is 2. The van der Waals surface area contributed by atoms with Gasteiger partial charge in [-0.1, -0.05) is 23.7 Å². The van der Waals surface area contributed by atoms with E-state index in [-0.39, 0.29) is 23.2 Å². The molecule has 0 saturated carbocycles. The average molecular weight is 461 g/mol. The zero-order chi connectivity index (χ0) is 22.9. The van der Waals surface area contributed by atoms with E-state index < -0.39 is 5.82 Å². The summed E-state index contributed by atoms with van der Waals surface area (Å²) in [4.78, 5) is 30.7. The van der Waals surface area contributed by atoms with Crippen LogP contribution >= 0.6 is 11.6 Å². The molecule has 1 aliphatic heterocycles. The van der Waals surface area contributed by atoms with E-state index in [1.165, 1.54) is 18.3 Å². The summed E-state index contributed by atoms with van der Waals surface area (Å²) in [5.41, 5.74) is 11.5. The van der Waals surface area contributed by atoms with Gasteiger partial charge in [0.2, 0.25) is 0 Å². The first-order valence-electron chi connectivity index (χ1n) is 10.1. The summed E-state index contributed by atoms with van der Waals surface area (Å²) >= 11 is 5.76. The van der Waals surface area contributed by atoms with Crippen LogP contribution in [0.3, 0.4) is 0 Å². The Morgan fingerprint density at radius 1 is 1.18 bits per heavy atom. The molecule has 2 aromatic carbocycles. The maximum Gasteiger partial charge on any atom is 0.323 e. The summed E-state index contributed by atoms with van der Waals surface area (Å²) in [6, 6.07) is 12.3. The number of H-pyrrole nitrogens is 2. The number of nitrogens with two attached hydrogens (primary N) is 1. The van der Waals surface area contributed by atoms with Crippen molar-refractivity contribution < 1.29 is 4.39 Å². The van der Waals surface area contributed by atoms with Crippen molar-refractivity contribution >= 4 is 40.2 Å². The van der Waals surface area contributed by atoms with Gasteiger partial charge in [-0.2, -0.15) is 0 Å². The monoisotopic (exact) mass is 460 g/mol. The molecule has 0 saturated heterocycles. The molecule has 33 heavy (non-hydrogen) atoms. The minimum absolute atomic E-state index is 0.0676. The van der Waals surface area contributed by atoms with Crippen molar-refractivity contribution in [3.05, 3.63) is 105 Å². The molecule has 1 atom stereocenters. The van der Waals surface area contributed by atoms with Gasteiger partial charge >= 0.3 is 5.69 Å². The number of imidazole rings is 1. The number of hydrogen-bond donors (Lipinski definition) is 3. The molecule has 4 aromatic rings. The van der Waals surface area contributed by atoms with E-state index in [1.807, 2.05) is 30.5 Å². The van der Waals surface area contributed by atoms with E-state index in [0.29, 0.717) is 17.0 Å². The number of fused-ring (bicyclic) bond motifs is 2. The van der Waals surface area contributed by atoms with E-state index in [0.717, 1.165) is 27.8 Å². The van der Waals surface area contributed by atoms with E-state index in [2.05, 4.69) is 24.9 Å². The van der Waals surface area contributed by atoms with E-state index in [4.69, 9.17) is 17.3 Å². The van der Waals surface area contributed by atoms with Crippen molar-refractivity contribution in [2.24, 2.45) is 15.7 Å². The van der Waals surface area contributed by atoms with E-state index in [9.17, 15) is 9.18 Å². The van der Waals surface area contributed by atoms with Gasteiger partial charge in [0.25, 0.3) is 0 Å². The molecule has 0 aliphatic carbocycles. The van der Waals surface area contributed by atoms with Crippen LogP contribution in [0.4, 0.5) is 10.1 Å². The van der Waals surface area contributed by atoms with Gasteiger partial charge in [-0.3, -0.25) is 15.0 Å². The van der Waals surface area contributed by atoms with Gasteiger partial charge < -0.3 is 15.7 Å². The maximum absolute atomic E-state index is 13.8. The summed E-state index contributed by atoms with van der Waals surface area (Å²) in [6.07, 6.45) is 6.59. The molecule has 7 nitrogen and oxygen atoms in total. The summed E-state index contributed by atoms with van der Waals surface area (Å²) < 4.78 is 13.8. The van der Waals surface area contributed by atoms with Gasteiger partial charge in [0, 0.05) is 12.1 Å². The molecule has 0 spiro atoms. The molecule has 0 radical (unpaired) electrons. The fourth-order valence-corrected chi connectivity index (χ4v) is 3.95. The normalized spacial score (nSPS) is 15.6. The summed E-state index contributed by atoms with van der Waals surface area (Å²) in [6.45, 7) is 0.240. The number of halogens is 2. The Labute approximate surface area is 192 Å². The number of hydrogen-bond acceptors (Lipinski definition) is 5. The van der Waals surface area contributed by atoms with Crippen molar-refractivity contribution in [2.45, 2.75) is 12.5 Å². The third-order valence-corrected chi connectivity index (χ3v) is 5.75. The second-order valence-electron chi connectivity index (χ2n) is 7.58. The first-order valence-corrected chi connectivity index (χ1v) is 10.5. The van der Waals surface area contributed by atoms with Crippen molar-refractivity contribution in [1.29, 1.82) is 0 Å². The van der Waals surface area contributed by atoms with Crippen molar-refractivity contribution in [3.63, 3.8) is 0 Å². The van der Waals surface area contributed by atoms with E-state index in [1.54, 1.807) is 18.3 Å². The number of nitrogens with one attached hydrogen (secondary N) is 2. The predicted molar refractivity (Wildman–Crippen MR) is 128 cm³/mol. The second-order valence-corrected chi connectivity index (χ2v) is 7.98. The molecule has 1 aliphatic rings. The number of nitrogens with zero attached hydrogens (tertiary/aromatic N) is 3. The Morgan fingerprint density at radius 2 is 2.03 bits per heavy atom. The largest absolute Gasteiger partial charge is 0.405 e. The van der Waals surface area contributed by atoms with Crippen LogP contribution in [-0.2, 0) is 6.54 Å². The lowest BCUT2D eigenvalue weighted by atomic mass is 9.92. The summed E-state index contributed by atoms with van der Waals surface area (Å²) in [5, 5.41) is 0.0676. The average Bonchev–Trinajstić information content (AvgIpc) is 3.40. The van der Waals surface area contributed by atoms with Crippen LogP contribution < -0.4 is 11.4 Å². The Morgan fingerprint density at radius 3 is 2.85 bits per heavy atom. The van der Waals surface area contributed by atoms with Crippen LogP contribution in [0.2, 0.25) is 5.02 Å². The maximum atomic E-state index is 13.8. The minimum Gasteiger partial charge on any atom is -0.405 e. The molecule has 0 bridgehead atoms. The number of pyridine rings is 1. The molecule has 2 aromatic heterocycles. The fraction of sp³-hybridized carbons (Fsp3) is 0.0833. The van der Waals surface area contributed by atoms with Crippen LogP contribution in [0.15, 0.2) is 75.7 Å². The highest BCUT2D eigenvalue weighted by Crippen LogP contribution is 2.37. The van der Waals surface area contributed by atoms with Crippen molar-refractivity contribution in [3.8, 4) is 0 Å². The topological polar surface area (TPSA) is 112 Å². The second kappa shape index (κ2) is 8.48. The van der Waals surface area contributed by atoms with Crippen LogP contribution in [-0.4, -0.2) is 26.9 Å². The third-order valence-electron chi connectivity index (χ3n) is 5.44. The lowest BCUT2D eigenvalue weighted by molar-refractivity contribution is 0.626. The molecule has 0 amide bonds. The number of aliphatic imine (C=N–C) groups is 2. The number of benzene rings is 2. The van der Waals surface area contributed by atoms with Gasteiger partial charge in [-0.15, -0.1) is 0 Å². The molecule has 3 heterocycles. The quantitative estimate of drug-likeness (QED) is 0.385. The Bertz CT molecular complexity index is 1520. The summed E-state index contributed by atoms with van der Waals surface area (Å²) in [7, 11) is 0. The molecular formula is C24H18ClFN6O. The highest BCUT2D eigenvalue weighted by molar-refractivity contribution is 6.30. The van der Waals surface area contributed by atoms with Crippen LogP contribution in [0.1, 0.15) is 28.3 Å². The fourth-order valence-electron chi connectivity index (χ4n) is 3.83. The number of allylic oxidation sites excluding steroid dienone is 1. The zero-order valence-electron chi connectivity index (χ0n) is 17.2. The number of rotatable bonds is 5. The number of aromatic nitrogens is 3. The Kier molecular flexibility index (Phi) is 5.35. The van der Waals surface area contributed by atoms with Gasteiger partial charge in [0.05, 0.1) is 45.9 Å². The van der Waals surface area contributed by atoms with Gasteiger partial charge in [0.15, 0.2) is 0 Å². The molecule has 4 N–H and O–H groups in total. The van der Waals surface area contributed by atoms with Crippen LogP contribution in [0.25, 0.3) is 11.0 Å². The zero-order valence-corrected chi connectivity index (χ0v) is 18.0. The van der Waals surface area contributed by atoms with Gasteiger partial charge in [-0.25, -0.2) is 9.18 Å². The SMILES string of the molecule is N/C=C\C(=NCc1ccc(Cl)c(F)c1)c1cc2c(cn1)N=CC2c1ccc2[nH]c(=O)[nH]c2c1. The predicted octanol–water partition coefficient (Wildman–Crippen LogP) is 4.35. The molecular weight excluding hydrogens is 443 g/mol. The van der Waals surface area contributed by atoms with Crippen LogP contribution in [0, 0.1) is 5.82 Å². The minimum atomic E-state index is -0.489. The molecule has 9 heteroatoms. The third kappa shape index (κ3) is 4.08. The van der Waals surface area contributed by atoms with Crippen LogP contribution in [0.5, 0.6) is 0 Å². The van der Waals surface area contributed by atoms with Gasteiger partial charge in [0.1, 0.15) is 5.82 Å². The molecule has 5 rings (SSSR count). The lowest BCUT2D eigenvalue weighted by Crippen LogP contribution is -2.05. The molecule has 0 fully saturated rings. The van der Waals surface area contributed by atoms with Crippen molar-refractivity contribution in [2.75, 3.05) is 0 Å². The summed E-state index contributed by atoms with van der Waals surface area (Å²) in [5.74, 6) is -0.588. The smallest absolute Gasteiger partial charge is 0.323 e. The highest BCUT2D eigenvalue weighted by atomic mass is 35.5. The highest BCUT2D eigenvalue weighted by Gasteiger charge is 2.23. The molecule has 164 valence electrons. The lowest BCUT2D eigenvalue weighted by Gasteiger charge is -2.12. The first kappa shape index (κ1) is 20.8. The first-order chi connectivity index (χ1) is 16.0. The standard InChI is InChI=1S/C24H18ClFN6O/c25-17-3-1-13(7-18(17)26)10-28-19(5-6-27)21-9-15-16(11-29-23(15)12-30-21)14-2-4-20-22(8-14)32-24(33)31-20/h1-9,11-12,16H,10,27H2,(H2,31,32,33)/b6-5-,28-19?. The Balaban J connectivity index is 1.49.